The summed E-state index contributed by atoms with van der Waals surface area (Å²) in [4.78, 5) is 36.5. The molecule has 0 spiro atoms. The number of carbonyl (C=O) groups is 3. The molecule has 0 fully saturated rings. The predicted octanol–water partition coefficient (Wildman–Crippen LogP) is 2.35. The van der Waals surface area contributed by atoms with Crippen LogP contribution in [0.3, 0.4) is 0 Å². The highest BCUT2D eigenvalue weighted by Gasteiger charge is 2.13. The zero-order valence-corrected chi connectivity index (χ0v) is 17.1. The zero-order chi connectivity index (χ0) is 22.3. The van der Waals surface area contributed by atoms with Crippen molar-refractivity contribution in [2.75, 3.05) is 6.54 Å². The highest BCUT2D eigenvalue weighted by atomic mass is 16.2. The normalized spacial score (nSPS) is 10.5. The average molecular weight is 427 g/mol. The number of nitrogens with one attached hydrogen (secondary N) is 4. The Morgan fingerprint density at radius 1 is 0.812 bits per heavy atom. The van der Waals surface area contributed by atoms with Crippen LogP contribution in [0.25, 0.3) is 22.0 Å². The number of amides is 3. The quantitative estimate of drug-likeness (QED) is 0.354. The van der Waals surface area contributed by atoms with E-state index in [1.807, 2.05) is 72.8 Å². The standard InChI is InChI=1S/C24H21N5O3/c30-22(13-18-11-6-10-16-7-4-5-12-19(16)18)25-15-23(31)28-29-24(32)21-14-20(26-27-21)17-8-2-1-3-9-17/h1-12,14H,13,15H2,(H,25,30)(H,26,27)(H,28,31)(H,29,32). The SMILES string of the molecule is O=C(Cc1cccc2ccccc12)NCC(=O)NNC(=O)c1cc(-c2ccccc2)n[nH]1. The topological polar surface area (TPSA) is 116 Å². The number of hydrogen-bond donors (Lipinski definition) is 4. The van der Waals surface area contributed by atoms with Crippen molar-refractivity contribution in [2.45, 2.75) is 6.42 Å². The molecule has 3 amide bonds. The molecule has 4 rings (SSSR count). The van der Waals surface area contributed by atoms with E-state index in [2.05, 4.69) is 26.4 Å². The van der Waals surface area contributed by atoms with Crippen LogP contribution in [0.2, 0.25) is 0 Å². The van der Waals surface area contributed by atoms with Crippen molar-refractivity contribution in [1.29, 1.82) is 0 Å². The Morgan fingerprint density at radius 3 is 2.41 bits per heavy atom. The molecule has 8 heteroatoms. The number of nitrogens with zero attached hydrogens (tertiary/aromatic N) is 1. The Hall–Kier alpha value is -4.46. The summed E-state index contributed by atoms with van der Waals surface area (Å²) in [5.74, 6) is -1.38. The third-order valence-electron chi connectivity index (χ3n) is 4.88. The summed E-state index contributed by atoms with van der Waals surface area (Å²) in [6.45, 7) is -0.262. The Bertz CT molecular complexity index is 1260. The fourth-order valence-electron chi connectivity index (χ4n) is 3.29. The van der Waals surface area contributed by atoms with E-state index in [1.165, 1.54) is 0 Å². The van der Waals surface area contributed by atoms with Crippen molar-refractivity contribution < 1.29 is 14.4 Å². The van der Waals surface area contributed by atoms with Crippen LogP contribution in [0.15, 0.2) is 78.9 Å². The van der Waals surface area contributed by atoms with Crippen LogP contribution >= 0.6 is 0 Å². The summed E-state index contributed by atoms with van der Waals surface area (Å²) >= 11 is 0. The van der Waals surface area contributed by atoms with Crippen molar-refractivity contribution in [3.05, 3.63) is 90.1 Å². The van der Waals surface area contributed by atoms with Crippen molar-refractivity contribution in [3.63, 3.8) is 0 Å². The maximum Gasteiger partial charge on any atom is 0.287 e. The number of carbonyl (C=O) groups excluding carboxylic acids is 3. The number of aromatic amines is 1. The summed E-state index contributed by atoms with van der Waals surface area (Å²) in [7, 11) is 0. The number of aromatic nitrogens is 2. The molecule has 0 aliphatic heterocycles. The van der Waals surface area contributed by atoms with Gasteiger partial charge in [0.25, 0.3) is 11.8 Å². The number of hydrazine groups is 1. The van der Waals surface area contributed by atoms with E-state index in [9.17, 15) is 14.4 Å². The Morgan fingerprint density at radius 2 is 1.56 bits per heavy atom. The Balaban J connectivity index is 1.25. The van der Waals surface area contributed by atoms with Gasteiger partial charge in [-0.3, -0.25) is 30.3 Å². The maximum absolute atomic E-state index is 12.3. The third kappa shape index (κ3) is 4.99. The number of hydrogen-bond acceptors (Lipinski definition) is 4. The average Bonchev–Trinajstić information content (AvgIpc) is 3.33. The number of H-pyrrole nitrogens is 1. The number of benzene rings is 3. The van der Waals surface area contributed by atoms with Gasteiger partial charge < -0.3 is 5.32 Å². The van der Waals surface area contributed by atoms with E-state index in [4.69, 9.17) is 0 Å². The lowest BCUT2D eigenvalue weighted by molar-refractivity contribution is -0.126. The molecule has 0 bridgehead atoms. The van der Waals surface area contributed by atoms with Gasteiger partial charge in [-0.25, -0.2) is 0 Å². The van der Waals surface area contributed by atoms with Crippen LogP contribution in [-0.4, -0.2) is 34.5 Å². The Kier molecular flexibility index (Phi) is 6.22. The van der Waals surface area contributed by atoms with Crippen LogP contribution in [0.5, 0.6) is 0 Å². The minimum atomic E-state index is -0.549. The molecule has 4 N–H and O–H groups in total. The molecule has 160 valence electrons. The summed E-state index contributed by atoms with van der Waals surface area (Å²) in [5, 5.41) is 11.3. The largest absolute Gasteiger partial charge is 0.347 e. The highest BCUT2D eigenvalue weighted by Crippen LogP contribution is 2.19. The summed E-state index contributed by atoms with van der Waals surface area (Å²) in [6, 6.07) is 24.5. The molecule has 0 unspecified atom stereocenters. The van der Waals surface area contributed by atoms with Gasteiger partial charge in [-0.2, -0.15) is 5.10 Å². The summed E-state index contributed by atoms with van der Waals surface area (Å²) < 4.78 is 0. The lowest BCUT2D eigenvalue weighted by Crippen LogP contribution is -2.46. The molecule has 32 heavy (non-hydrogen) atoms. The first-order valence-corrected chi connectivity index (χ1v) is 10.0. The molecule has 0 saturated carbocycles. The van der Waals surface area contributed by atoms with E-state index in [0.29, 0.717) is 5.69 Å². The smallest absolute Gasteiger partial charge is 0.287 e. The van der Waals surface area contributed by atoms with Gasteiger partial charge in [0.1, 0.15) is 5.69 Å². The summed E-state index contributed by atoms with van der Waals surface area (Å²) in [6.07, 6.45) is 0.150. The molecule has 1 aromatic heterocycles. The molecular weight excluding hydrogens is 406 g/mol. The first-order valence-electron chi connectivity index (χ1n) is 10.0. The lowest BCUT2D eigenvalue weighted by Gasteiger charge is -2.09. The maximum atomic E-state index is 12.3. The fourth-order valence-corrected chi connectivity index (χ4v) is 3.29. The monoisotopic (exact) mass is 427 g/mol. The van der Waals surface area contributed by atoms with Crippen molar-refractivity contribution >= 4 is 28.5 Å². The van der Waals surface area contributed by atoms with E-state index in [1.54, 1.807) is 6.07 Å². The van der Waals surface area contributed by atoms with Gasteiger partial charge in [0.2, 0.25) is 5.91 Å². The van der Waals surface area contributed by atoms with Crippen LogP contribution < -0.4 is 16.2 Å². The van der Waals surface area contributed by atoms with Gasteiger partial charge in [0.15, 0.2) is 0 Å². The van der Waals surface area contributed by atoms with Crippen LogP contribution in [0.1, 0.15) is 16.1 Å². The van der Waals surface area contributed by atoms with Gasteiger partial charge in [-0.05, 0) is 22.4 Å². The van der Waals surface area contributed by atoms with Crippen LogP contribution in [0, 0.1) is 0 Å². The highest BCUT2D eigenvalue weighted by molar-refractivity contribution is 5.95. The molecule has 0 aliphatic rings. The minimum Gasteiger partial charge on any atom is -0.347 e. The molecule has 0 radical (unpaired) electrons. The lowest BCUT2D eigenvalue weighted by atomic mass is 10.0. The zero-order valence-electron chi connectivity index (χ0n) is 17.1. The molecule has 3 aromatic carbocycles. The molecule has 8 nitrogen and oxygen atoms in total. The first kappa shape index (κ1) is 20.8. The molecule has 0 atom stereocenters. The second kappa shape index (κ2) is 9.57. The van der Waals surface area contributed by atoms with Crippen LogP contribution in [-0.2, 0) is 16.0 Å². The van der Waals surface area contributed by atoms with Gasteiger partial charge >= 0.3 is 0 Å². The second-order valence-corrected chi connectivity index (χ2v) is 7.13. The second-order valence-electron chi connectivity index (χ2n) is 7.13. The van der Waals surface area contributed by atoms with Crippen molar-refractivity contribution in [3.8, 4) is 11.3 Å². The Labute approximate surface area is 184 Å². The minimum absolute atomic E-state index is 0.150. The van der Waals surface area contributed by atoms with Gasteiger partial charge in [0.05, 0.1) is 18.7 Å². The summed E-state index contributed by atoms with van der Waals surface area (Å²) in [5.41, 5.74) is 7.13. The van der Waals surface area contributed by atoms with Crippen molar-refractivity contribution in [2.24, 2.45) is 0 Å². The van der Waals surface area contributed by atoms with Gasteiger partial charge in [0, 0.05) is 5.56 Å². The molecule has 0 saturated heterocycles. The molecule has 4 aromatic rings. The number of rotatable bonds is 6. The van der Waals surface area contributed by atoms with E-state index in [-0.39, 0.29) is 24.6 Å². The van der Waals surface area contributed by atoms with Crippen molar-refractivity contribution in [1.82, 2.24) is 26.4 Å². The van der Waals surface area contributed by atoms with E-state index in [0.717, 1.165) is 21.9 Å². The third-order valence-corrected chi connectivity index (χ3v) is 4.88. The fraction of sp³-hybridized carbons (Fsp3) is 0.0833. The molecule has 1 heterocycles. The molecular formula is C24H21N5O3. The van der Waals surface area contributed by atoms with Crippen LogP contribution in [0.4, 0.5) is 0 Å². The van der Waals surface area contributed by atoms with Gasteiger partial charge in [-0.1, -0.05) is 72.8 Å². The predicted molar refractivity (Wildman–Crippen MR) is 120 cm³/mol. The molecule has 0 aliphatic carbocycles. The number of fused-ring (bicyclic) bond motifs is 1. The van der Waals surface area contributed by atoms with Gasteiger partial charge in [-0.15, -0.1) is 0 Å². The first-order chi connectivity index (χ1) is 15.6. The van der Waals surface area contributed by atoms with E-state index < -0.39 is 11.8 Å². The van der Waals surface area contributed by atoms with E-state index >= 15 is 0 Å².